The molecule has 0 aromatic carbocycles. The van der Waals surface area contributed by atoms with Crippen molar-refractivity contribution in [2.45, 2.75) is 83.4 Å². The molecule has 3 aliphatic rings. The summed E-state index contributed by atoms with van der Waals surface area (Å²) < 4.78 is 10.7. The molecule has 3 N–H and O–H groups in total. The topological polar surface area (TPSA) is 117 Å². The van der Waals surface area contributed by atoms with Gasteiger partial charge in [-0.2, -0.15) is 0 Å². The molecule has 10 heteroatoms. The number of likely N-dealkylation sites (tertiary alicyclic amines) is 1. The molecule has 0 bridgehead atoms. The highest BCUT2D eigenvalue weighted by Crippen LogP contribution is 2.27. The summed E-state index contributed by atoms with van der Waals surface area (Å²) in [6, 6.07) is -1.50. The standard InChI is InChI=1S/C22H36BN3O6/c1-5-14-13-31-23(30)18(14)25-19(27)16-11-8-12-26(16)20(28)17(22(2,3)4)24-21(29)32-15-9-6-7-10-15/h5,14-18,30H,1,6-13H2,2-4H3,(H,24,29)(H,25,27)/t14-,16+,17-,18?/m1/s1. The number of hydrogen-bond acceptors (Lipinski definition) is 6. The quantitative estimate of drug-likeness (QED) is 0.417. The van der Waals surface area contributed by atoms with E-state index in [1.165, 1.54) is 4.90 Å². The van der Waals surface area contributed by atoms with Crippen LogP contribution in [-0.4, -0.2) is 72.2 Å². The molecule has 3 amide bonds. The van der Waals surface area contributed by atoms with Gasteiger partial charge >= 0.3 is 13.2 Å². The number of carbonyl (C=O) groups excluding carboxylic acids is 3. The molecule has 1 aliphatic carbocycles. The van der Waals surface area contributed by atoms with Gasteiger partial charge in [0.15, 0.2) is 0 Å². The molecule has 4 atom stereocenters. The van der Waals surface area contributed by atoms with Crippen molar-refractivity contribution in [3.8, 4) is 0 Å². The smallest absolute Gasteiger partial charge is 0.446 e. The van der Waals surface area contributed by atoms with Crippen molar-refractivity contribution in [2.75, 3.05) is 13.2 Å². The minimum absolute atomic E-state index is 0.103. The molecule has 0 radical (unpaired) electrons. The van der Waals surface area contributed by atoms with Crippen LogP contribution in [0.5, 0.6) is 0 Å². The number of amides is 3. The van der Waals surface area contributed by atoms with Crippen LogP contribution < -0.4 is 10.6 Å². The molecule has 178 valence electrons. The molecule has 3 fully saturated rings. The fourth-order valence-corrected chi connectivity index (χ4v) is 4.71. The minimum Gasteiger partial charge on any atom is -0.446 e. The van der Waals surface area contributed by atoms with E-state index in [2.05, 4.69) is 17.2 Å². The molecule has 2 aliphatic heterocycles. The van der Waals surface area contributed by atoms with Crippen molar-refractivity contribution in [2.24, 2.45) is 11.3 Å². The summed E-state index contributed by atoms with van der Waals surface area (Å²) in [6.45, 7) is 10.1. The second-order valence-electron chi connectivity index (χ2n) is 10.1. The number of carbonyl (C=O) groups is 3. The second kappa shape index (κ2) is 10.3. The summed E-state index contributed by atoms with van der Waals surface area (Å²) in [5.74, 6) is -1.44. The maximum absolute atomic E-state index is 13.5. The third-order valence-electron chi connectivity index (χ3n) is 6.63. The molecule has 0 aromatic rings. The number of alkyl carbamates (subject to hydrolysis) is 1. The van der Waals surface area contributed by atoms with E-state index in [0.29, 0.717) is 19.4 Å². The summed E-state index contributed by atoms with van der Waals surface area (Å²) in [6.07, 6.45) is 5.92. The number of nitrogens with one attached hydrogen (secondary N) is 2. The number of ether oxygens (including phenoxy) is 1. The largest absolute Gasteiger partial charge is 0.478 e. The second-order valence-corrected chi connectivity index (χ2v) is 10.1. The third kappa shape index (κ3) is 5.64. The van der Waals surface area contributed by atoms with Crippen LogP contribution >= 0.6 is 0 Å². The average molecular weight is 449 g/mol. The van der Waals surface area contributed by atoms with Crippen LogP contribution in [0.2, 0.25) is 0 Å². The lowest BCUT2D eigenvalue weighted by Crippen LogP contribution is -2.59. The first-order valence-electron chi connectivity index (χ1n) is 11.6. The van der Waals surface area contributed by atoms with E-state index in [-0.39, 0.29) is 30.4 Å². The Balaban J connectivity index is 1.67. The fraction of sp³-hybridized carbons (Fsp3) is 0.773. The monoisotopic (exact) mass is 449 g/mol. The molecule has 1 unspecified atom stereocenters. The van der Waals surface area contributed by atoms with Crippen LogP contribution in [0.15, 0.2) is 12.7 Å². The van der Waals surface area contributed by atoms with Crippen molar-refractivity contribution in [1.82, 2.24) is 15.5 Å². The molecule has 0 spiro atoms. The van der Waals surface area contributed by atoms with Gasteiger partial charge in [0.05, 0.1) is 5.94 Å². The van der Waals surface area contributed by atoms with Crippen molar-refractivity contribution >= 4 is 25.0 Å². The summed E-state index contributed by atoms with van der Waals surface area (Å²) in [5.41, 5.74) is -0.571. The van der Waals surface area contributed by atoms with Crippen LogP contribution in [0.3, 0.4) is 0 Å². The Labute approximate surface area is 190 Å². The highest BCUT2D eigenvalue weighted by molar-refractivity contribution is 6.46. The highest BCUT2D eigenvalue weighted by Gasteiger charge is 2.45. The van der Waals surface area contributed by atoms with Crippen LogP contribution in [0.25, 0.3) is 0 Å². The molecule has 3 rings (SSSR count). The van der Waals surface area contributed by atoms with Crippen LogP contribution in [0, 0.1) is 11.3 Å². The molecular weight excluding hydrogens is 413 g/mol. The molecule has 2 heterocycles. The number of nitrogens with zero attached hydrogens (tertiary/aromatic N) is 1. The molecule has 32 heavy (non-hydrogen) atoms. The van der Waals surface area contributed by atoms with E-state index in [1.54, 1.807) is 6.08 Å². The van der Waals surface area contributed by atoms with E-state index in [1.807, 2.05) is 20.8 Å². The lowest BCUT2D eigenvalue weighted by Gasteiger charge is -2.35. The zero-order valence-corrected chi connectivity index (χ0v) is 19.3. The van der Waals surface area contributed by atoms with E-state index < -0.39 is 36.7 Å². The number of rotatable bonds is 6. The van der Waals surface area contributed by atoms with Crippen molar-refractivity contribution in [3.05, 3.63) is 12.7 Å². The van der Waals surface area contributed by atoms with Crippen LogP contribution in [0.1, 0.15) is 59.3 Å². The Bertz CT molecular complexity index is 721. The van der Waals surface area contributed by atoms with Gasteiger partial charge in [0.1, 0.15) is 18.2 Å². The molecule has 9 nitrogen and oxygen atoms in total. The molecule has 1 saturated carbocycles. The van der Waals surface area contributed by atoms with Gasteiger partial charge in [0, 0.05) is 19.1 Å². The minimum atomic E-state index is -1.11. The van der Waals surface area contributed by atoms with Crippen molar-refractivity contribution in [3.63, 3.8) is 0 Å². The van der Waals surface area contributed by atoms with E-state index in [9.17, 15) is 19.4 Å². The van der Waals surface area contributed by atoms with Gasteiger partial charge in [0.25, 0.3) is 0 Å². The summed E-state index contributed by atoms with van der Waals surface area (Å²) in [7, 11) is -1.11. The predicted molar refractivity (Wildman–Crippen MR) is 119 cm³/mol. The lowest BCUT2D eigenvalue weighted by molar-refractivity contribution is -0.142. The lowest BCUT2D eigenvalue weighted by atomic mass is 9.75. The van der Waals surface area contributed by atoms with Gasteiger partial charge in [-0.3, -0.25) is 9.59 Å². The van der Waals surface area contributed by atoms with Crippen LogP contribution in [0.4, 0.5) is 4.79 Å². The zero-order valence-electron chi connectivity index (χ0n) is 19.3. The maximum Gasteiger partial charge on any atom is 0.478 e. The predicted octanol–water partition coefficient (Wildman–Crippen LogP) is 1.40. The summed E-state index contributed by atoms with van der Waals surface area (Å²) in [5, 5.41) is 15.6. The Morgan fingerprint density at radius 3 is 2.53 bits per heavy atom. The molecule has 0 aromatic heterocycles. The van der Waals surface area contributed by atoms with Crippen molar-refractivity contribution < 1.29 is 28.8 Å². The van der Waals surface area contributed by atoms with Gasteiger partial charge < -0.3 is 29.9 Å². The average Bonchev–Trinajstić information content (AvgIpc) is 3.47. The fourth-order valence-electron chi connectivity index (χ4n) is 4.71. The maximum atomic E-state index is 13.5. The Morgan fingerprint density at radius 1 is 1.22 bits per heavy atom. The summed E-state index contributed by atoms with van der Waals surface area (Å²) in [4.78, 5) is 40.5. The molecular formula is C22H36BN3O6. The summed E-state index contributed by atoms with van der Waals surface area (Å²) >= 11 is 0. The third-order valence-corrected chi connectivity index (χ3v) is 6.63. The van der Waals surface area contributed by atoms with Crippen molar-refractivity contribution in [1.29, 1.82) is 0 Å². The van der Waals surface area contributed by atoms with E-state index in [4.69, 9.17) is 9.39 Å². The first-order chi connectivity index (χ1) is 15.1. The number of hydrogen-bond donors (Lipinski definition) is 3. The molecule has 2 saturated heterocycles. The highest BCUT2D eigenvalue weighted by atomic mass is 16.6. The van der Waals surface area contributed by atoms with Gasteiger partial charge in [-0.05, 0) is 43.9 Å². The van der Waals surface area contributed by atoms with E-state index >= 15 is 0 Å². The Hall–Kier alpha value is -2.07. The normalized spacial score (nSPS) is 27.3. The van der Waals surface area contributed by atoms with Gasteiger partial charge in [-0.15, -0.1) is 6.58 Å². The first-order valence-corrected chi connectivity index (χ1v) is 11.6. The first kappa shape index (κ1) is 24.6. The Morgan fingerprint density at radius 2 is 1.91 bits per heavy atom. The SMILES string of the molecule is C=C[C@@H]1COB(O)C1NC(=O)[C@@H]1CCCN1C(=O)[C@@H](NC(=O)OC1CCCC1)C(C)(C)C. The van der Waals surface area contributed by atoms with Gasteiger partial charge in [0.2, 0.25) is 11.8 Å². The van der Waals surface area contributed by atoms with E-state index in [0.717, 1.165) is 25.7 Å². The zero-order chi connectivity index (χ0) is 23.5. The Kier molecular flexibility index (Phi) is 7.87. The van der Waals surface area contributed by atoms with Crippen LogP contribution in [-0.2, 0) is 19.0 Å². The van der Waals surface area contributed by atoms with Gasteiger partial charge in [-0.25, -0.2) is 4.79 Å². The van der Waals surface area contributed by atoms with Gasteiger partial charge in [-0.1, -0.05) is 26.8 Å².